The summed E-state index contributed by atoms with van der Waals surface area (Å²) in [6, 6.07) is 0.325. The van der Waals surface area contributed by atoms with Crippen molar-refractivity contribution in [3.05, 3.63) is 9.47 Å². The summed E-state index contributed by atoms with van der Waals surface area (Å²) in [5, 5.41) is 17.7. The van der Waals surface area contributed by atoms with Crippen molar-refractivity contribution in [1.82, 2.24) is 15.1 Å². The minimum Gasteiger partial charge on any atom is -0.394 e. The lowest BCUT2D eigenvalue weighted by Gasteiger charge is -2.36. The second-order valence-electron chi connectivity index (χ2n) is 3.87. The molecule has 0 spiro atoms. The fourth-order valence-corrected chi connectivity index (χ4v) is 2.57. The van der Waals surface area contributed by atoms with Gasteiger partial charge >= 0.3 is 0 Å². The third-order valence-corrected chi connectivity index (χ3v) is 3.62. The zero-order valence-corrected chi connectivity index (χ0v) is 10.5. The van der Waals surface area contributed by atoms with Gasteiger partial charge in [0.2, 0.25) is 4.47 Å². The zero-order chi connectivity index (χ0) is 11.5. The standard InChI is InChI=1S/C9H14ClN3O2S/c1-6-5-15-7(4-14)2-13(6)3-8-11-12-9(10)16-8/h6-7,14H,2-5H2,1H3. The van der Waals surface area contributed by atoms with Crippen LogP contribution in [0.2, 0.25) is 4.47 Å². The van der Waals surface area contributed by atoms with Crippen LogP contribution in [-0.2, 0) is 11.3 Å². The fourth-order valence-electron chi connectivity index (χ4n) is 1.68. The highest BCUT2D eigenvalue weighted by atomic mass is 35.5. The van der Waals surface area contributed by atoms with E-state index in [-0.39, 0.29) is 12.7 Å². The van der Waals surface area contributed by atoms with Crippen LogP contribution in [-0.4, -0.2) is 52.1 Å². The summed E-state index contributed by atoms with van der Waals surface area (Å²) in [6.45, 7) is 4.22. The molecule has 0 amide bonds. The number of morpholine rings is 1. The fraction of sp³-hybridized carbons (Fsp3) is 0.778. The lowest BCUT2D eigenvalue weighted by atomic mass is 10.2. The average Bonchev–Trinajstić information content (AvgIpc) is 2.67. The first kappa shape index (κ1) is 12.2. The van der Waals surface area contributed by atoms with Crippen molar-refractivity contribution in [2.75, 3.05) is 19.8 Å². The third-order valence-electron chi connectivity index (χ3n) is 2.62. The first-order valence-electron chi connectivity index (χ1n) is 5.13. The van der Waals surface area contributed by atoms with Crippen LogP contribution in [0.1, 0.15) is 11.9 Å². The first-order valence-corrected chi connectivity index (χ1v) is 6.33. The number of aliphatic hydroxyl groups excluding tert-OH is 1. The molecule has 5 nitrogen and oxygen atoms in total. The van der Waals surface area contributed by atoms with Crippen molar-refractivity contribution in [1.29, 1.82) is 0 Å². The molecule has 0 aromatic carbocycles. The van der Waals surface area contributed by atoms with Gasteiger partial charge in [0.1, 0.15) is 5.01 Å². The van der Waals surface area contributed by atoms with E-state index in [0.29, 0.717) is 23.7 Å². The molecule has 16 heavy (non-hydrogen) atoms. The van der Waals surface area contributed by atoms with Gasteiger partial charge in [0.05, 0.1) is 25.9 Å². The number of hydrogen-bond acceptors (Lipinski definition) is 6. The van der Waals surface area contributed by atoms with Crippen LogP contribution in [0.3, 0.4) is 0 Å². The summed E-state index contributed by atoms with van der Waals surface area (Å²) in [5.74, 6) is 0. The van der Waals surface area contributed by atoms with Crippen LogP contribution < -0.4 is 0 Å². The van der Waals surface area contributed by atoms with Gasteiger partial charge in [0.15, 0.2) is 0 Å². The molecule has 1 fully saturated rings. The summed E-state index contributed by atoms with van der Waals surface area (Å²) in [4.78, 5) is 2.22. The molecule has 1 aliphatic heterocycles. The molecule has 2 atom stereocenters. The molecule has 1 aromatic heterocycles. The van der Waals surface area contributed by atoms with Gasteiger partial charge in [-0.2, -0.15) is 0 Å². The van der Waals surface area contributed by atoms with Gasteiger partial charge in [-0.15, -0.1) is 10.2 Å². The Morgan fingerprint density at radius 1 is 1.62 bits per heavy atom. The topological polar surface area (TPSA) is 58.5 Å². The lowest BCUT2D eigenvalue weighted by molar-refractivity contribution is -0.0806. The molecule has 7 heteroatoms. The molecule has 0 aliphatic carbocycles. The van der Waals surface area contributed by atoms with Crippen LogP contribution >= 0.6 is 22.9 Å². The minimum absolute atomic E-state index is 0.0557. The van der Waals surface area contributed by atoms with E-state index in [4.69, 9.17) is 21.4 Å². The van der Waals surface area contributed by atoms with Crippen LogP contribution in [0.4, 0.5) is 0 Å². The van der Waals surface area contributed by atoms with E-state index >= 15 is 0 Å². The summed E-state index contributed by atoms with van der Waals surface area (Å²) in [5.41, 5.74) is 0. The Bertz CT molecular complexity index is 349. The molecule has 0 bridgehead atoms. The van der Waals surface area contributed by atoms with Crippen molar-refractivity contribution in [2.45, 2.75) is 25.6 Å². The Hall–Kier alpha value is -0.270. The Labute approximate surface area is 103 Å². The number of aliphatic hydroxyl groups is 1. The van der Waals surface area contributed by atoms with Crippen molar-refractivity contribution in [3.8, 4) is 0 Å². The first-order chi connectivity index (χ1) is 7.69. The number of nitrogens with zero attached hydrogens (tertiary/aromatic N) is 3. The molecule has 0 saturated carbocycles. The quantitative estimate of drug-likeness (QED) is 0.873. The van der Waals surface area contributed by atoms with E-state index in [2.05, 4.69) is 22.0 Å². The summed E-state index contributed by atoms with van der Waals surface area (Å²) >= 11 is 7.12. The summed E-state index contributed by atoms with van der Waals surface area (Å²) < 4.78 is 5.93. The number of ether oxygens (including phenoxy) is 1. The van der Waals surface area contributed by atoms with Gasteiger partial charge < -0.3 is 9.84 Å². The van der Waals surface area contributed by atoms with Gasteiger partial charge in [-0.1, -0.05) is 11.3 Å². The number of hydrogen-bond donors (Lipinski definition) is 1. The van der Waals surface area contributed by atoms with E-state index < -0.39 is 0 Å². The van der Waals surface area contributed by atoms with Gasteiger partial charge in [0, 0.05) is 12.6 Å². The molecular formula is C9H14ClN3O2S. The Morgan fingerprint density at radius 3 is 3.06 bits per heavy atom. The van der Waals surface area contributed by atoms with Gasteiger partial charge in [-0.3, -0.25) is 4.90 Å². The maximum Gasteiger partial charge on any atom is 0.207 e. The van der Waals surface area contributed by atoms with E-state index in [1.807, 2.05) is 0 Å². The van der Waals surface area contributed by atoms with E-state index in [0.717, 1.165) is 11.6 Å². The Morgan fingerprint density at radius 2 is 2.44 bits per heavy atom. The predicted octanol–water partition coefficient (Wildman–Crippen LogP) is 0.773. The Balaban J connectivity index is 1.96. The van der Waals surface area contributed by atoms with E-state index in [1.54, 1.807) is 0 Å². The van der Waals surface area contributed by atoms with Crippen molar-refractivity contribution < 1.29 is 9.84 Å². The monoisotopic (exact) mass is 263 g/mol. The van der Waals surface area contributed by atoms with Crippen molar-refractivity contribution in [3.63, 3.8) is 0 Å². The minimum atomic E-state index is -0.0976. The number of rotatable bonds is 3. The van der Waals surface area contributed by atoms with E-state index in [9.17, 15) is 0 Å². The normalized spacial score (nSPS) is 27.2. The SMILES string of the molecule is CC1COC(CO)CN1Cc1nnc(Cl)s1. The maximum atomic E-state index is 9.07. The molecule has 1 saturated heterocycles. The highest BCUT2D eigenvalue weighted by Gasteiger charge is 2.26. The smallest absolute Gasteiger partial charge is 0.207 e. The average molecular weight is 264 g/mol. The summed E-state index contributed by atoms with van der Waals surface area (Å²) in [7, 11) is 0. The molecule has 1 aliphatic rings. The largest absolute Gasteiger partial charge is 0.394 e. The van der Waals surface area contributed by atoms with Crippen LogP contribution in [0.15, 0.2) is 0 Å². The highest BCUT2D eigenvalue weighted by Crippen LogP contribution is 2.20. The zero-order valence-electron chi connectivity index (χ0n) is 8.97. The van der Waals surface area contributed by atoms with Crippen molar-refractivity contribution >= 4 is 22.9 Å². The van der Waals surface area contributed by atoms with Gasteiger partial charge in [-0.25, -0.2) is 0 Å². The maximum absolute atomic E-state index is 9.07. The van der Waals surface area contributed by atoms with Crippen LogP contribution in [0, 0.1) is 0 Å². The molecule has 2 rings (SSSR count). The number of halogens is 1. The molecular weight excluding hydrogens is 250 g/mol. The second kappa shape index (κ2) is 5.37. The molecule has 0 radical (unpaired) electrons. The molecule has 90 valence electrons. The van der Waals surface area contributed by atoms with Gasteiger partial charge in [-0.05, 0) is 18.5 Å². The van der Waals surface area contributed by atoms with Crippen LogP contribution in [0.5, 0.6) is 0 Å². The predicted molar refractivity (Wildman–Crippen MR) is 61.6 cm³/mol. The number of aromatic nitrogens is 2. The molecule has 2 unspecified atom stereocenters. The van der Waals surface area contributed by atoms with Crippen molar-refractivity contribution in [2.24, 2.45) is 0 Å². The highest BCUT2D eigenvalue weighted by molar-refractivity contribution is 7.15. The Kier molecular flexibility index (Phi) is 4.10. The molecule has 1 N–H and O–H groups in total. The van der Waals surface area contributed by atoms with E-state index in [1.165, 1.54) is 11.3 Å². The lowest BCUT2D eigenvalue weighted by Crippen LogP contribution is -2.48. The molecule has 1 aromatic rings. The third kappa shape index (κ3) is 2.89. The molecule has 2 heterocycles. The van der Waals surface area contributed by atoms with Gasteiger partial charge in [0.25, 0.3) is 0 Å². The van der Waals surface area contributed by atoms with Crippen LogP contribution in [0.25, 0.3) is 0 Å². The summed E-state index contributed by atoms with van der Waals surface area (Å²) in [6.07, 6.45) is -0.0976. The second-order valence-corrected chi connectivity index (χ2v) is 5.51.